The van der Waals surface area contributed by atoms with Crippen LogP contribution in [0.1, 0.15) is 34.7 Å². The molecular weight excluding hydrogens is 652 g/mol. The zero-order valence-electron chi connectivity index (χ0n) is 25.7. The molecule has 232 valence electrons. The number of carbonyl (C=O) groups excluding carboxylic acids is 2. The van der Waals surface area contributed by atoms with Gasteiger partial charge in [0.05, 0.1) is 12.3 Å². The topological polar surface area (TPSA) is 68.2 Å². The van der Waals surface area contributed by atoms with E-state index >= 15 is 0 Å². The van der Waals surface area contributed by atoms with Crippen LogP contribution in [-0.2, 0) is 24.7 Å². The van der Waals surface area contributed by atoms with E-state index in [1.54, 1.807) is 17.9 Å². The third kappa shape index (κ3) is 6.05. The molecule has 6 nitrogen and oxygen atoms in total. The van der Waals surface area contributed by atoms with E-state index in [-0.39, 0.29) is 29.6 Å². The lowest BCUT2D eigenvalue weighted by Gasteiger charge is -2.43. The van der Waals surface area contributed by atoms with Gasteiger partial charge in [-0.15, -0.1) is 0 Å². The lowest BCUT2D eigenvalue weighted by Crippen LogP contribution is -2.51. The molecule has 0 unspecified atom stereocenters. The third-order valence-electron chi connectivity index (χ3n) is 7.92. The minimum atomic E-state index is -1.08. The molecule has 0 saturated heterocycles. The predicted octanol–water partition coefficient (Wildman–Crippen LogP) is 8.67. The van der Waals surface area contributed by atoms with Gasteiger partial charge in [-0.2, -0.15) is 0 Å². The highest BCUT2D eigenvalue weighted by atomic mass is 79.9. The van der Waals surface area contributed by atoms with Crippen LogP contribution in [0.5, 0.6) is 0 Å². The molecule has 0 atom stereocenters. The summed E-state index contributed by atoms with van der Waals surface area (Å²) < 4.78 is 6.06. The average Bonchev–Trinajstić information content (AvgIpc) is 3.38. The van der Waals surface area contributed by atoms with E-state index in [0.29, 0.717) is 11.3 Å². The number of esters is 1. The van der Waals surface area contributed by atoms with E-state index in [4.69, 9.17) is 9.57 Å². The standard InChI is InChI=1S/C40H31BrN2O4/c1-3-46-39(45)34(26-29-16-8-4-9-17-29)28(2)47-42-37-35-27-33(41)24-25-36(35)43(38(37)44)40(30-18-10-5-11-19-30,31-20-12-6-13-21-31)32-22-14-7-15-23-32/h4-27H,2-3H2,1H3/b34-26+,42-37+. The Morgan fingerprint density at radius 2 is 1.32 bits per heavy atom. The van der Waals surface area contributed by atoms with Gasteiger partial charge in [0.1, 0.15) is 11.1 Å². The number of ether oxygens (including phenoxy) is 1. The fourth-order valence-corrected chi connectivity index (χ4v) is 6.26. The average molecular weight is 684 g/mol. The number of fused-ring (bicyclic) bond motifs is 1. The molecule has 0 aromatic heterocycles. The molecular formula is C40H31BrN2O4. The SMILES string of the molecule is C=C(O/N=C1/C(=O)N(C(c2ccccc2)(c2ccccc2)c2ccccc2)c2ccc(Br)cc21)/C(=C\c1ccccc1)C(=O)OCC. The van der Waals surface area contributed by atoms with Crippen molar-refractivity contribution < 1.29 is 19.2 Å². The molecule has 7 heteroatoms. The van der Waals surface area contributed by atoms with Gasteiger partial charge < -0.3 is 9.57 Å². The second-order valence-electron chi connectivity index (χ2n) is 10.8. The number of oxime groups is 1. The molecule has 0 saturated carbocycles. The summed E-state index contributed by atoms with van der Waals surface area (Å²) in [4.78, 5) is 35.5. The van der Waals surface area contributed by atoms with Crippen LogP contribution in [0.2, 0.25) is 0 Å². The van der Waals surface area contributed by atoms with Gasteiger partial charge in [-0.25, -0.2) is 4.79 Å². The van der Waals surface area contributed by atoms with Gasteiger partial charge in [-0.05, 0) is 53.5 Å². The summed E-state index contributed by atoms with van der Waals surface area (Å²) in [5.41, 5.74) is 3.71. The number of benzene rings is 5. The Morgan fingerprint density at radius 1 is 0.809 bits per heavy atom. The Kier molecular flexibility index (Phi) is 9.27. The number of halogens is 1. The summed E-state index contributed by atoms with van der Waals surface area (Å²) >= 11 is 3.58. The minimum Gasteiger partial charge on any atom is -0.462 e. The molecule has 0 spiro atoms. The molecule has 0 bridgehead atoms. The quantitative estimate of drug-likeness (QED) is 0.0369. The maximum Gasteiger partial charge on any atom is 0.342 e. The molecule has 0 fully saturated rings. The van der Waals surface area contributed by atoms with Crippen molar-refractivity contribution in [1.82, 2.24) is 0 Å². The molecule has 1 aliphatic heterocycles. The van der Waals surface area contributed by atoms with Gasteiger partial charge in [0.25, 0.3) is 5.91 Å². The Balaban J connectivity index is 1.52. The van der Waals surface area contributed by atoms with Crippen LogP contribution >= 0.6 is 15.9 Å². The fourth-order valence-electron chi connectivity index (χ4n) is 5.90. The van der Waals surface area contributed by atoms with Crippen molar-refractivity contribution in [2.24, 2.45) is 5.16 Å². The maximum atomic E-state index is 14.9. The van der Waals surface area contributed by atoms with Gasteiger partial charge in [-0.3, -0.25) is 9.69 Å². The first-order valence-corrected chi connectivity index (χ1v) is 15.9. The molecule has 0 N–H and O–H groups in total. The van der Waals surface area contributed by atoms with Crippen LogP contribution in [0.15, 0.2) is 167 Å². The molecule has 47 heavy (non-hydrogen) atoms. The Labute approximate surface area is 282 Å². The predicted molar refractivity (Wildman–Crippen MR) is 189 cm³/mol. The molecule has 1 amide bonds. The zero-order valence-corrected chi connectivity index (χ0v) is 27.3. The molecule has 5 aromatic rings. The molecule has 5 aromatic carbocycles. The van der Waals surface area contributed by atoms with Crippen LogP contribution in [0.25, 0.3) is 6.08 Å². The molecule has 1 aliphatic rings. The third-order valence-corrected chi connectivity index (χ3v) is 8.42. The van der Waals surface area contributed by atoms with E-state index in [1.807, 2.05) is 140 Å². The number of rotatable bonds is 10. The number of anilines is 1. The van der Waals surface area contributed by atoms with Crippen LogP contribution < -0.4 is 4.90 Å². The zero-order chi connectivity index (χ0) is 32.8. The van der Waals surface area contributed by atoms with E-state index in [9.17, 15) is 9.59 Å². The van der Waals surface area contributed by atoms with Crippen LogP contribution in [0, 0.1) is 0 Å². The van der Waals surface area contributed by atoms with Crippen molar-refractivity contribution in [1.29, 1.82) is 0 Å². The van der Waals surface area contributed by atoms with Gasteiger partial charge in [0, 0.05) is 10.0 Å². The first-order chi connectivity index (χ1) is 22.9. The summed E-state index contributed by atoms with van der Waals surface area (Å²) in [7, 11) is 0. The molecule has 0 aliphatic carbocycles. The molecule has 1 heterocycles. The number of carbonyl (C=O) groups is 2. The summed E-state index contributed by atoms with van der Waals surface area (Å²) in [6.07, 6.45) is 1.62. The summed E-state index contributed by atoms with van der Waals surface area (Å²) in [5.74, 6) is -1.05. The lowest BCUT2D eigenvalue weighted by atomic mass is 9.75. The van der Waals surface area contributed by atoms with Gasteiger partial charge >= 0.3 is 5.97 Å². The van der Waals surface area contributed by atoms with E-state index in [0.717, 1.165) is 26.7 Å². The van der Waals surface area contributed by atoms with Crippen LogP contribution in [-0.4, -0.2) is 24.2 Å². The van der Waals surface area contributed by atoms with Crippen LogP contribution in [0.4, 0.5) is 5.69 Å². The van der Waals surface area contributed by atoms with Crippen molar-refractivity contribution in [3.8, 4) is 0 Å². The van der Waals surface area contributed by atoms with Gasteiger partial charge in [0.2, 0.25) is 0 Å². The van der Waals surface area contributed by atoms with Gasteiger partial charge in [0.15, 0.2) is 11.5 Å². The van der Waals surface area contributed by atoms with Crippen molar-refractivity contribution in [2.45, 2.75) is 12.5 Å². The summed E-state index contributed by atoms with van der Waals surface area (Å²) in [6.45, 7) is 5.88. The number of hydrogen-bond acceptors (Lipinski definition) is 5. The maximum absolute atomic E-state index is 14.9. The number of nitrogens with zero attached hydrogens (tertiary/aromatic N) is 2. The van der Waals surface area contributed by atoms with Crippen molar-refractivity contribution in [3.05, 3.63) is 190 Å². The van der Waals surface area contributed by atoms with Crippen molar-refractivity contribution in [3.63, 3.8) is 0 Å². The summed E-state index contributed by atoms with van der Waals surface area (Å²) in [6, 6.07) is 44.8. The normalized spacial score (nSPS) is 13.7. The minimum absolute atomic E-state index is 0.0527. The second kappa shape index (κ2) is 13.8. The van der Waals surface area contributed by atoms with Crippen LogP contribution in [0.3, 0.4) is 0 Å². The number of amides is 1. The first-order valence-electron chi connectivity index (χ1n) is 15.1. The highest BCUT2D eigenvalue weighted by Gasteiger charge is 2.51. The van der Waals surface area contributed by atoms with Crippen molar-refractivity contribution in [2.75, 3.05) is 11.5 Å². The first kappa shape index (κ1) is 31.5. The Hall–Kier alpha value is -5.53. The van der Waals surface area contributed by atoms with E-state index in [1.165, 1.54) is 0 Å². The second-order valence-corrected chi connectivity index (χ2v) is 11.7. The Bertz CT molecular complexity index is 1880. The monoisotopic (exact) mass is 682 g/mol. The highest BCUT2D eigenvalue weighted by Crippen LogP contribution is 2.48. The van der Waals surface area contributed by atoms with E-state index in [2.05, 4.69) is 27.7 Å². The smallest absolute Gasteiger partial charge is 0.342 e. The lowest BCUT2D eigenvalue weighted by molar-refractivity contribution is -0.138. The number of hydrogen-bond donors (Lipinski definition) is 0. The van der Waals surface area contributed by atoms with Gasteiger partial charge in [-0.1, -0.05) is 149 Å². The van der Waals surface area contributed by atoms with E-state index < -0.39 is 11.5 Å². The Morgan fingerprint density at radius 3 is 1.83 bits per heavy atom. The summed E-state index contributed by atoms with van der Waals surface area (Å²) in [5, 5.41) is 4.39. The molecule has 6 rings (SSSR count). The van der Waals surface area contributed by atoms with Crippen molar-refractivity contribution >= 4 is 45.3 Å². The molecule has 0 radical (unpaired) electrons. The largest absolute Gasteiger partial charge is 0.462 e. The highest BCUT2D eigenvalue weighted by molar-refractivity contribution is 9.10. The fraction of sp³-hybridized carbons (Fsp3) is 0.0750.